The molecule has 3 rings (SSSR count). The standard InChI is InChI=1S/C21H18F3NO5/c1-3-29-19(27)9-14-11(2)25(17-10-16(22)18(26)8-15(14)17)20(28)12-4-6-13(7-5-12)30-21(23)24/h4-8,10,21,26H,3,9H2,1-2H3. The van der Waals surface area contributed by atoms with E-state index < -0.39 is 30.1 Å². The minimum absolute atomic E-state index is 0.116. The molecule has 0 spiro atoms. The number of ether oxygens (including phenoxy) is 2. The van der Waals surface area contributed by atoms with E-state index in [1.807, 2.05) is 0 Å². The van der Waals surface area contributed by atoms with Gasteiger partial charge in [-0.1, -0.05) is 0 Å². The van der Waals surface area contributed by atoms with Gasteiger partial charge < -0.3 is 14.6 Å². The molecule has 0 fully saturated rings. The number of rotatable bonds is 6. The summed E-state index contributed by atoms with van der Waals surface area (Å²) in [6, 6.07) is 7.17. The summed E-state index contributed by atoms with van der Waals surface area (Å²) in [7, 11) is 0. The smallest absolute Gasteiger partial charge is 0.387 e. The van der Waals surface area contributed by atoms with Gasteiger partial charge in [-0.2, -0.15) is 8.78 Å². The Kier molecular flexibility index (Phi) is 6.00. The van der Waals surface area contributed by atoms with Crippen LogP contribution in [0.3, 0.4) is 0 Å². The number of hydrogen-bond donors (Lipinski definition) is 1. The van der Waals surface area contributed by atoms with E-state index in [0.717, 1.165) is 12.1 Å². The van der Waals surface area contributed by atoms with Crippen LogP contribution < -0.4 is 4.74 Å². The van der Waals surface area contributed by atoms with Crippen molar-refractivity contribution >= 4 is 22.8 Å². The van der Waals surface area contributed by atoms with Gasteiger partial charge in [-0.05, 0) is 49.7 Å². The zero-order chi connectivity index (χ0) is 22.0. The van der Waals surface area contributed by atoms with Gasteiger partial charge in [0.2, 0.25) is 0 Å². The molecule has 6 nitrogen and oxygen atoms in total. The number of aromatic hydroxyl groups is 1. The van der Waals surface area contributed by atoms with Crippen molar-refractivity contribution in [1.82, 2.24) is 4.57 Å². The van der Waals surface area contributed by atoms with Gasteiger partial charge in [0.25, 0.3) is 5.91 Å². The Hall–Kier alpha value is -3.49. The van der Waals surface area contributed by atoms with Crippen LogP contribution in [0, 0.1) is 12.7 Å². The van der Waals surface area contributed by atoms with Crippen LogP contribution in [0.15, 0.2) is 36.4 Å². The normalized spacial score (nSPS) is 11.1. The van der Waals surface area contributed by atoms with E-state index in [1.165, 1.54) is 28.8 Å². The van der Waals surface area contributed by atoms with Crippen LogP contribution in [0.2, 0.25) is 0 Å². The van der Waals surface area contributed by atoms with Crippen LogP contribution in [0.25, 0.3) is 10.9 Å². The number of fused-ring (bicyclic) bond motifs is 1. The second-order valence-corrected chi connectivity index (χ2v) is 6.41. The number of alkyl halides is 2. The largest absolute Gasteiger partial charge is 0.505 e. The van der Waals surface area contributed by atoms with E-state index in [9.17, 15) is 27.9 Å². The topological polar surface area (TPSA) is 77.8 Å². The van der Waals surface area contributed by atoms with Crippen LogP contribution in [-0.4, -0.2) is 34.8 Å². The van der Waals surface area contributed by atoms with Gasteiger partial charge in [0.15, 0.2) is 11.6 Å². The van der Waals surface area contributed by atoms with Gasteiger partial charge in [0.05, 0.1) is 18.5 Å². The molecule has 30 heavy (non-hydrogen) atoms. The highest BCUT2D eigenvalue weighted by Gasteiger charge is 2.23. The minimum Gasteiger partial charge on any atom is -0.505 e. The number of phenolic OH excluding ortho intramolecular Hbond substituents is 1. The Balaban J connectivity index is 2.10. The van der Waals surface area contributed by atoms with Crippen molar-refractivity contribution in [2.24, 2.45) is 0 Å². The third-order valence-corrected chi connectivity index (χ3v) is 4.56. The lowest BCUT2D eigenvalue weighted by Crippen LogP contribution is -2.15. The molecular weight excluding hydrogens is 403 g/mol. The highest BCUT2D eigenvalue weighted by molar-refractivity contribution is 6.05. The molecule has 0 radical (unpaired) electrons. The molecule has 3 aromatic rings. The lowest BCUT2D eigenvalue weighted by molar-refractivity contribution is -0.142. The predicted molar refractivity (Wildman–Crippen MR) is 101 cm³/mol. The van der Waals surface area contributed by atoms with E-state index in [1.54, 1.807) is 13.8 Å². The van der Waals surface area contributed by atoms with Crippen molar-refractivity contribution in [3.63, 3.8) is 0 Å². The minimum atomic E-state index is -3.00. The molecule has 1 N–H and O–H groups in total. The number of halogens is 3. The van der Waals surface area contributed by atoms with Crippen LogP contribution in [0.4, 0.5) is 13.2 Å². The van der Waals surface area contributed by atoms with Crippen molar-refractivity contribution < 1.29 is 37.3 Å². The fourth-order valence-corrected chi connectivity index (χ4v) is 3.24. The summed E-state index contributed by atoms with van der Waals surface area (Å²) in [5.74, 6) is -2.77. The Morgan fingerprint density at radius 2 is 1.83 bits per heavy atom. The summed E-state index contributed by atoms with van der Waals surface area (Å²) >= 11 is 0. The molecule has 1 aromatic heterocycles. The summed E-state index contributed by atoms with van der Waals surface area (Å²) in [4.78, 5) is 25.1. The predicted octanol–water partition coefficient (Wildman–Crippen LogP) is 4.19. The Labute approximate surface area is 169 Å². The first-order valence-corrected chi connectivity index (χ1v) is 9.00. The summed E-state index contributed by atoms with van der Waals surface area (Å²) in [5, 5.41) is 10.1. The van der Waals surface area contributed by atoms with Crippen molar-refractivity contribution in [2.45, 2.75) is 26.9 Å². The maximum absolute atomic E-state index is 14.0. The number of hydrogen-bond acceptors (Lipinski definition) is 5. The van der Waals surface area contributed by atoms with E-state index >= 15 is 0 Å². The number of carbonyl (C=O) groups is 2. The molecule has 0 amide bonds. The van der Waals surface area contributed by atoms with Gasteiger partial charge in [0.1, 0.15) is 5.75 Å². The molecule has 0 aliphatic heterocycles. The number of aromatic nitrogens is 1. The second-order valence-electron chi connectivity index (χ2n) is 6.41. The van der Waals surface area contributed by atoms with Crippen LogP contribution in [0.1, 0.15) is 28.5 Å². The van der Waals surface area contributed by atoms with Crippen molar-refractivity contribution in [3.8, 4) is 11.5 Å². The molecule has 0 saturated carbocycles. The zero-order valence-electron chi connectivity index (χ0n) is 16.1. The highest BCUT2D eigenvalue weighted by Crippen LogP contribution is 2.32. The first kappa shape index (κ1) is 21.2. The number of esters is 1. The summed E-state index contributed by atoms with van der Waals surface area (Å²) in [6.45, 7) is 0.404. The second kappa shape index (κ2) is 8.48. The Morgan fingerprint density at radius 3 is 2.43 bits per heavy atom. The van der Waals surface area contributed by atoms with E-state index in [0.29, 0.717) is 16.6 Å². The molecule has 9 heteroatoms. The lowest BCUT2D eigenvalue weighted by atomic mass is 10.1. The fraction of sp³-hybridized carbons (Fsp3) is 0.238. The Morgan fingerprint density at radius 1 is 1.17 bits per heavy atom. The monoisotopic (exact) mass is 421 g/mol. The van der Waals surface area contributed by atoms with Crippen LogP contribution in [-0.2, 0) is 16.0 Å². The lowest BCUT2D eigenvalue weighted by Gasteiger charge is -2.09. The molecular formula is C21H18F3NO5. The average molecular weight is 421 g/mol. The molecule has 158 valence electrons. The van der Waals surface area contributed by atoms with E-state index in [-0.39, 0.29) is 29.9 Å². The third-order valence-electron chi connectivity index (χ3n) is 4.56. The summed E-state index contributed by atoms with van der Waals surface area (Å²) in [5.41, 5.74) is 1.05. The number of benzene rings is 2. The van der Waals surface area contributed by atoms with Gasteiger partial charge in [-0.15, -0.1) is 0 Å². The molecule has 2 aromatic carbocycles. The Bertz CT molecular complexity index is 1110. The maximum atomic E-state index is 14.0. The number of phenols is 1. The molecule has 0 bridgehead atoms. The zero-order valence-corrected chi connectivity index (χ0v) is 16.1. The molecule has 0 saturated heterocycles. The van der Waals surface area contributed by atoms with Crippen LogP contribution in [0.5, 0.6) is 11.5 Å². The van der Waals surface area contributed by atoms with Gasteiger partial charge in [0, 0.05) is 22.7 Å². The summed E-state index contributed by atoms with van der Waals surface area (Å²) in [6.07, 6.45) is -0.178. The van der Waals surface area contributed by atoms with E-state index in [4.69, 9.17) is 4.74 Å². The molecule has 1 heterocycles. The molecule has 0 aliphatic rings. The van der Waals surface area contributed by atoms with Gasteiger partial charge >= 0.3 is 12.6 Å². The SMILES string of the molecule is CCOC(=O)Cc1c(C)n(C(=O)c2ccc(OC(F)F)cc2)c2cc(F)c(O)cc12. The van der Waals surface area contributed by atoms with Crippen LogP contribution >= 0.6 is 0 Å². The van der Waals surface area contributed by atoms with Crippen molar-refractivity contribution in [1.29, 1.82) is 0 Å². The van der Waals surface area contributed by atoms with Gasteiger partial charge in [-0.3, -0.25) is 14.2 Å². The molecule has 0 aliphatic carbocycles. The highest BCUT2D eigenvalue weighted by atomic mass is 19.3. The fourth-order valence-electron chi connectivity index (χ4n) is 3.24. The quantitative estimate of drug-likeness (QED) is 0.604. The molecule has 0 atom stereocenters. The first-order chi connectivity index (χ1) is 14.2. The number of nitrogens with zero attached hydrogens (tertiary/aromatic N) is 1. The van der Waals surface area contributed by atoms with Crippen molar-refractivity contribution in [2.75, 3.05) is 6.61 Å². The van der Waals surface area contributed by atoms with Gasteiger partial charge in [-0.25, -0.2) is 4.39 Å². The summed E-state index contributed by atoms with van der Waals surface area (Å²) < 4.78 is 49.1. The first-order valence-electron chi connectivity index (χ1n) is 9.00. The van der Waals surface area contributed by atoms with E-state index in [2.05, 4.69) is 4.74 Å². The molecule has 0 unspecified atom stereocenters. The third kappa shape index (κ3) is 4.10. The van der Waals surface area contributed by atoms with Crippen molar-refractivity contribution in [3.05, 3.63) is 59.0 Å². The maximum Gasteiger partial charge on any atom is 0.387 e. The number of carbonyl (C=O) groups excluding carboxylic acids is 2. The average Bonchev–Trinajstić information content (AvgIpc) is 2.93.